The number of aryl methyl sites for hydroxylation is 2. The van der Waals surface area contributed by atoms with Crippen molar-refractivity contribution in [2.75, 3.05) is 0 Å². The summed E-state index contributed by atoms with van der Waals surface area (Å²) in [5.74, 6) is -1.86. The molecule has 0 radical (unpaired) electrons. The van der Waals surface area contributed by atoms with Gasteiger partial charge in [0.2, 0.25) is 0 Å². The molecule has 2 aliphatic carbocycles. The van der Waals surface area contributed by atoms with E-state index in [9.17, 15) is 28.8 Å². The average molecular weight is 807 g/mol. The molecular weight excluding hydrogens is 761 g/mol. The van der Waals surface area contributed by atoms with Gasteiger partial charge in [0.1, 0.15) is 11.5 Å². The fraction of sp³-hybridized carbons (Fsp3) is 0.320. The summed E-state index contributed by atoms with van der Waals surface area (Å²) in [7, 11) is 0. The molecule has 306 valence electrons. The summed E-state index contributed by atoms with van der Waals surface area (Å²) in [5, 5.41) is 0. The van der Waals surface area contributed by atoms with Crippen LogP contribution in [0.5, 0.6) is 11.5 Å². The number of ether oxygens (including phenoxy) is 4. The normalized spacial score (nSPS) is 18.5. The van der Waals surface area contributed by atoms with Crippen LogP contribution in [0.3, 0.4) is 0 Å². The van der Waals surface area contributed by atoms with E-state index in [0.717, 1.165) is 71.9 Å². The van der Waals surface area contributed by atoms with Crippen LogP contribution < -0.4 is 9.47 Å². The molecule has 8 rings (SSSR count). The Morgan fingerprint density at radius 1 is 0.550 bits per heavy atom. The van der Waals surface area contributed by atoms with Crippen LogP contribution in [-0.4, -0.2) is 35.8 Å². The van der Waals surface area contributed by atoms with Gasteiger partial charge >= 0.3 is 35.8 Å². The lowest BCUT2D eigenvalue weighted by Gasteiger charge is -2.33. The Balaban J connectivity index is 0.929. The third-order valence-corrected chi connectivity index (χ3v) is 12.3. The van der Waals surface area contributed by atoms with E-state index >= 15 is 0 Å². The van der Waals surface area contributed by atoms with Crippen LogP contribution in [-0.2, 0) is 9.47 Å². The highest BCUT2D eigenvalue weighted by Gasteiger charge is 2.33. The predicted molar refractivity (Wildman–Crippen MR) is 223 cm³/mol. The number of allylic oxidation sites excluding steroid dienone is 4. The van der Waals surface area contributed by atoms with Crippen LogP contribution in [0.4, 0.5) is 0 Å². The molecule has 2 unspecified atom stereocenters. The average Bonchev–Trinajstić information content (AvgIpc) is 3.69. The highest BCUT2D eigenvalue weighted by molar-refractivity contribution is 6.16. The first-order valence-electron chi connectivity index (χ1n) is 20.6. The van der Waals surface area contributed by atoms with Gasteiger partial charge in [0.05, 0.1) is 33.4 Å². The number of rotatable bonds is 9. The summed E-state index contributed by atoms with van der Waals surface area (Å²) in [6.07, 6.45) is 10.9. The Kier molecular flexibility index (Phi) is 10.7. The van der Waals surface area contributed by atoms with Gasteiger partial charge in [-0.15, -0.1) is 0 Å². The fourth-order valence-electron chi connectivity index (χ4n) is 8.93. The summed E-state index contributed by atoms with van der Waals surface area (Å²) < 4.78 is 21.3. The zero-order valence-corrected chi connectivity index (χ0v) is 34.6. The van der Waals surface area contributed by atoms with Crippen molar-refractivity contribution in [3.63, 3.8) is 0 Å². The third kappa shape index (κ3) is 7.62. The van der Waals surface area contributed by atoms with Gasteiger partial charge in [0, 0.05) is 0 Å². The molecule has 0 bridgehead atoms. The Bertz CT molecular complexity index is 2420. The van der Waals surface area contributed by atoms with Gasteiger partial charge in [-0.3, -0.25) is 0 Å². The first kappa shape index (κ1) is 40.4. The monoisotopic (exact) mass is 806 g/mol. The van der Waals surface area contributed by atoms with Gasteiger partial charge in [-0.25, -0.2) is 28.8 Å². The van der Waals surface area contributed by atoms with Crippen molar-refractivity contribution in [2.45, 2.75) is 91.9 Å². The number of benzene rings is 4. The molecule has 0 N–H and O–H groups in total. The molecular formula is C50H46O10. The molecule has 2 atom stereocenters. The van der Waals surface area contributed by atoms with Crippen molar-refractivity contribution in [1.29, 1.82) is 0 Å². The van der Waals surface area contributed by atoms with Crippen LogP contribution in [0, 0.1) is 25.7 Å². The second-order valence-corrected chi connectivity index (χ2v) is 16.9. The van der Waals surface area contributed by atoms with E-state index in [4.69, 9.17) is 9.47 Å². The first-order valence-corrected chi connectivity index (χ1v) is 20.6. The van der Waals surface area contributed by atoms with Gasteiger partial charge < -0.3 is 18.9 Å². The number of fused-ring (bicyclic) bond motifs is 2. The minimum absolute atomic E-state index is 0.0626. The molecule has 0 saturated carbocycles. The van der Waals surface area contributed by atoms with E-state index < -0.39 is 35.8 Å². The van der Waals surface area contributed by atoms with E-state index in [0.29, 0.717) is 23.3 Å². The van der Waals surface area contributed by atoms with Crippen LogP contribution in [0.2, 0.25) is 0 Å². The van der Waals surface area contributed by atoms with E-state index in [1.807, 2.05) is 13.8 Å². The Labute approximate surface area is 348 Å². The SMILES string of the molecule is Cc1cc(C2=CCC(C3CC=C(c4cc(C)c(OC(=O)c5ccc6c(c5)C(=O)OC6=O)c(C(C)C)c4)CC3)CC2)cc(C(C)C)c1OC(=O)c1ccc2c(c1)C(=O)OC2=O. The number of carbonyl (C=O) groups is 6. The molecule has 4 aromatic carbocycles. The molecule has 10 nitrogen and oxygen atoms in total. The van der Waals surface area contributed by atoms with Crippen LogP contribution >= 0.6 is 0 Å². The Morgan fingerprint density at radius 2 is 0.933 bits per heavy atom. The van der Waals surface area contributed by atoms with Gasteiger partial charge in [0.15, 0.2) is 0 Å². The van der Waals surface area contributed by atoms with Crippen molar-refractivity contribution in [1.82, 2.24) is 0 Å². The highest BCUT2D eigenvalue weighted by Crippen LogP contribution is 2.44. The summed E-state index contributed by atoms with van der Waals surface area (Å²) in [4.78, 5) is 74.5. The predicted octanol–water partition coefficient (Wildman–Crippen LogP) is 10.7. The molecule has 0 saturated heterocycles. The van der Waals surface area contributed by atoms with Gasteiger partial charge in [-0.1, -0.05) is 39.8 Å². The second kappa shape index (κ2) is 16.0. The van der Waals surface area contributed by atoms with E-state index in [1.54, 1.807) is 0 Å². The van der Waals surface area contributed by atoms with E-state index in [-0.39, 0.29) is 45.2 Å². The Hall–Kier alpha value is -6.42. The molecule has 2 aliphatic heterocycles. The molecule has 0 spiro atoms. The number of cyclic esters (lactones) is 4. The molecule has 2 heterocycles. The summed E-state index contributed by atoms with van der Waals surface area (Å²) in [5.41, 5.74) is 9.16. The summed E-state index contributed by atoms with van der Waals surface area (Å²) >= 11 is 0. The number of carbonyl (C=O) groups excluding carboxylic acids is 6. The number of hydrogen-bond donors (Lipinski definition) is 0. The lowest BCUT2D eigenvalue weighted by atomic mass is 9.73. The number of esters is 6. The lowest BCUT2D eigenvalue weighted by Crippen LogP contribution is -2.19. The van der Waals surface area contributed by atoms with Crippen molar-refractivity contribution < 1.29 is 47.7 Å². The maximum atomic E-state index is 13.3. The van der Waals surface area contributed by atoms with Crippen molar-refractivity contribution in [3.05, 3.63) is 140 Å². The fourth-order valence-corrected chi connectivity index (χ4v) is 8.93. The van der Waals surface area contributed by atoms with Crippen molar-refractivity contribution in [3.8, 4) is 11.5 Å². The minimum atomic E-state index is -0.770. The Morgan fingerprint density at radius 3 is 1.28 bits per heavy atom. The largest absolute Gasteiger partial charge is 0.422 e. The topological polar surface area (TPSA) is 139 Å². The summed E-state index contributed by atoms with van der Waals surface area (Å²) in [6.45, 7) is 12.2. The molecule has 60 heavy (non-hydrogen) atoms. The molecule has 4 aliphatic rings. The van der Waals surface area contributed by atoms with Crippen molar-refractivity contribution in [2.24, 2.45) is 11.8 Å². The molecule has 10 heteroatoms. The van der Waals surface area contributed by atoms with Crippen LogP contribution in [0.1, 0.15) is 174 Å². The van der Waals surface area contributed by atoms with E-state index in [2.05, 4.69) is 73.6 Å². The van der Waals surface area contributed by atoms with E-state index in [1.165, 1.54) is 47.5 Å². The summed E-state index contributed by atoms with van der Waals surface area (Å²) in [6, 6.07) is 16.9. The molecule has 4 aromatic rings. The second-order valence-electron chi connectivity index (χ2n) is 16.9. The van der Waals surface area contributed by atoms with Crippen LogP contribution in [0.15, 0.2) is 72.8 Å². The van der Waals surface area contributed by atoms with Gasteiger partial charge in [-0.05, 0) is 181 Å². The molecule has 0 aromatic heterocycles. The quantitative estimate of drug-likeness (QED) is 0.0912. The zero-order chi connectivity index (χ0) is 42.6. The standard InChI is InChI=1S/C50H46O10/c1-25(2)39-23-35(19-27(5)43(39)57-45(51)33-15-17-37-41(21-33)49(55)59-47(37)53)31-11-7-29(8-12-31)30-9-13-32(14-10-30)36-20-28(6)44(40(24-36)26(3)4)58-46(52)34-16-18-38-42(22-34)50(56)60-48(38)54/h11,13,15-26,29-30H,7-10,12,14H2,1-6H3. The lowest BCUT2D eigenvalue weighted by molar-refractivity contribution is 0.0425. The molecule has 0 fully saturated rings. The maximum Gasteiger partial charge on any atom is 0.346 e. The third-order valence-electron chi connectivity index (χ3n) is 12.3. The highest BCUT2D eigenvalue weighted by atomic mass is 16.6. The van der Waals surface area contributed by atoms with Crippen LogP contribution in [0.25, 0.3) is 11.1 Å². The first-order chi connectivity index (χ1) is 28.7. The van der Waals surface area contributed by atoms with Gasteiger partial charge in [-0.2, -0.15) is 0 Å². The maximum absolute atomic E-state index is 13.3. The minimum Gasteiger partial charge on any atom is -0.422 e. The zero-order valence-electron chi connectivity index (χ0n) is 34.6. The van der Waals surface area contributed by atoms with Gasteiger partial charge in [0.25, 0.3) is 0 Å². The number of hydrogen-bond acceptors (Lipinski definition) is 10. The van der Waals surface area contributed by atoms with Crippen molar-refractivity contribution >= 4 is 47.0 Å². The molecule has 0 amide bonds. The smallest absolute Gasteiger partial charge is 0.346 e.